The average Bonchev–Trinajstić information content (AvgIpc) is 2.01. The van der Waals surface area contributed by atoms with Crippen LogP contribution in [0.2, 0.25) is 0 Å². The van der Waals surface area contributed by atoms with Gasteiger partial charge in [-0.25, -0.2) is 0 Å². The fourth-order valence-electron chi connectivity index (χ4n) is 1.48. The maximum atomic E-state index is 11.3. The van der Waals surface area contributed by atoms with Crippen LogP contribution in [0.25, 0.3) is 0 Å². The van der Waals surface area contributed by atoms with Crippen molar-refractivity contribution in [2.45, 2.75) is 26.7 Å². The number of carbonyl (C=O) groups excluding carboxylic acids is 1. The topological polar surface area (TPSA) is 82.2 Å². The van der Waals surface area contributed by atoms with Crippen molar-refractivity contribution in [1.82, 2.24) is 0 Å². The number of Topliss-reactive ketones (excluding diaryl/α,β-unsaturated/α-hetero) is 1. The lowest BCUT2D eigenvalue weighted by Crippen LogP contribution is -2.38. The molecule has 0 unspecified atom stereocenters. The van der Waals surface area contributed by atoms with Crippen LogP contribution < -0.4 is 0 Å². The number of oxime groups is 2. The number of nitrogens with zero attached hydrogens (tertiary/aromatic N) is 2. The lowest BCUT2D eigenvalue weighted by molar-refractivity contribution is -0.114. The van der Waals surface area contributed by atoms with E-state index < -0.39 is 0 Å². The second-order valence-electron chi connectivity index (χ2n) is 3.94. The molecule has 0 aromatic heterocycles. The molecule has 1 rings (SSSR count). The summed E-state index contributed by atoms with van der Waals surface area (Å²) < 4.78 is 0. The summed E-state index contributed by atoms with van der Waals surface area (Å²) in [4.78, 5) is 11.3. The van der Waals surface area contributed by atoms with E-state index in [9.17, 15) is 4.79 Å². The molecule has 0 aliphatic heterocycles. The molecule has 1 saturated carbocycles. The standard InChI is InChI=1S/C8H12N2O3/c1-8(2)3-5(9-12)7(10-13)6(11)4-8/h12-13H,3-4H2,1-2H3/b9-5+,10-7-. The highest BCUT2D eigenvalue weighted by Crippen LogP contribution is 2.30. The van der Waals surface area contributed by atoms with Crippen LogP contribution in [-0.2, 0) is 4.79 Å². The van der Waals surface area contributed by atoms with Gasteiger partial charge >= 0.3 is 0 Å². The minimum Gasteiger partial charge on any atom is -0.411 e. The molecule has 1 aliphatic rings. The first kappa shape index (κ1) is 9.70. The fraction of sp³-hybridized carbons (Fsp3) is 0.625. The third-order valence-electron chi connectivity index (χ3n) is 2.04. The van der Waals surface area contributed by atoms with Gasteiger partial charge in [0, 0.05) is 12.8 Å². The van der Waals surface area contributed by atoms with E-state index in [1.807, 2.05) is 13.8 Å². The van der Waals surface area contributed by atoms with Crippen molar-refractivity contribution in [3.05, 3.63) is 0 Å². The van der Waals surface area contributed by atoms with Crippen LogP contribution in [0.3, 0.4) is 0 Å². The van der Waals surface area contributed by atoms with E-state index in [-0.39, 0.29) is 22.6 Å². The van der Waals surface area contributed by atoms with Crippen molar-refractivity contribution in [3.8, 4) is 0 Å². The van der Waals surface area contributed by atoms with Crippen LogP contribution in [0, 0.1) is 5.41 Å². The van der Waals surface area contributed by atoms with Gasteiger partial charge in [-0.1, -0.05) is 24.2 Å². The fourth-order valence-corrected chi connectivity index (χ4v) is 1.48. The van der Waals surface area contributed by atoms with Crippen LogP contribution in [0.15, 0.2) is 10.3 Å². The van der Waals surface area contributed by atoms with Gasteiger partial charge in [-0.3, -0.25) is 4.79 Å². The summed E-state index contributed by atoms with van der Waals surface area (Å²) in [5.74, 6) is -0.286. The van der Waals surface area contributed by atoms with Crippen LogP contribution in [0.4, 0.5) is 0 Å². The van der Waals surface area contributed by atoms with E-state index in [2.05, 4.69) is 10.3 Å². The molecule has 0 aromatic carbocycles. The van der Waals surface area contributed by atoms with Crippen LogP contribution >= 0.6 is 0 Å². The Morgan fingerprint density at radius 2 is 1.85 bits per heavy atom. The van der Waals surface area contributed by atoms with Crippen molar-refractivity contribution in [2.75, 3.05) is 0 Å². The van der Waals surface area contributed by atoms with Crippen molar-refractivity contribution in [2.24, 2.45) is 15.7 Å². The lowest BCUT2D eigenvalue weighted by atomic mass is 9.75. The van der Waals surface area contributed by atoms with E-state index in [0.29, 0.717) is 12.8 Å². The van der Waals surface area contributed by atoms with Crippen LogP contribution in [0.5, 0.6) is 0 Å². The molecule has 72 valence electrons. The Balaban J connectivity index is 3.02. The molecule has 0 radical (unpaired) electrons. The molecular formula is C8H12N2O3. The molecule has 13 heavy (non-hydrogen) atoms. The number of ketones is 1. The van der Waals surface area contributed by atoms with Gasteiger partial charge in [0.05, 0.1) is 0 Å². The molecule has 1 aliphatic carbocycles. The van der Waals surface area contributed by atoms with Gasteiger partial charge in [-0.05, 0) is 5.41 Å². The second-order valence-corrected chi connectivity index (χ2v) is 3.94. The summed E-state index contributed by atoms with van der Waals surface area (Å²) >= 11 is 0. The quantitative estimate of drug-likeness (QED) is 0.435. The van der Waals surface area contributed by atoms with Gasteiger partial charge < -0.3 is 10.4 Å². The highest BCUT2D eigenvalue weighted by atomic mass is 16.4. The monoisotopic (exact) mass is 184 g/mol. The highest BCUT2D eigenvalue weighted by molar-refractivity contribution is 6.68. The third-order valence-corrected chi connectivity index (χ3v) is 2.04. The van der Waals surface area contributed by atoms with Crippen molar-refractivity contribution in [1.29, 1.82) is 0 Å². The molecule has 0 amide bonds. The second kappa shape index (κ2) is 3.16. The molecule has 5 nitrogen and oxygen atoms in total. The van der Waals surface area contributed by atoms with Crippen LogP contribution in [0.1, 0.15) is 26.7 Å². The normalized spacial score (nSPS) is 28.3. The van der Waals surface area contributed by atoms with Gasteiger partial charge in [-0.15, -0.1) is 0 Å². The maximum absolute atomic E-state index is 11.3. The Morgan fingerprint density at radius 1 is 1.23 bits per heavy atom. The van der Waals surface area contributed by atoms with Gasteiger partial charge in [0.1, 0.15) is 5.71 Å². The Morgan fingerprint density at radius 3 is 2.31 bits per heavy atom. The molecule has 0 saturated heterocycles. The van der Waals surface area contributed by atoms with E-state index >= 15 is 0 Å². The Kier molecular flexibility index (Phi) is 2.36. The van der Waals surface area contributed by atoms with E-state index in [0.717, 1.165) is 0 Å². The number of rotatable bonds is 0. The number of hydrogen-bond donors (Lipinski definition) is 2. The molecule has 5 heteroatoms. The van der Waals surface area contributed by atoms with E-state index in [1.54, 1.807) is 0 Å². The van der Waals surface area contributed by atoms with Gasteiger partial charge in [0.2, 0.25) is 0 Å². The first-order valence-corrected chi connectivity index (χ1v) is 3.97. The zero-order valence-electron chi connectivity index (χ0n) is 7.61. The molecule has 0 spiro atoms. The highest BCUT2D eigenvalue weighted by Gasteiger charge is 2.36. The van der Waals surface area contributed by atoms with E-state index in [1.165, 1.54) is 0 Å². The van der Waals surface area contributed by atoms with Crippen molar-refractivity contribution in [3.63, 3.8) is 0 Å². The van der Waals surface area contributed by atoms with Crippen molar-refractivity contribution >= 4 is 17.2 Å². The molecule has 1 fully saturated rings. The summed E-state index contributed by atoms with van der Waals surface area (Å²) in [7, 11) is 0. The van der Waals surface area contributed by atoms with Gasteiger partial charge in [0.15, 0.2) is 11.5 Å². The maximum Gasteiger partial charge on any atom is 0.187 e. The van der Waals surface area contributed by atoms with Crippen molar-refractivity contribution < 1.29 is 15.2 Å². The summed E-state index contributed by atoms with van der Waals surface area (Å²) in [6, 6.07) is 0. The largest absolute Gasteiger partial charge is 0.411 e. The first-order chi connectivity index (χ1) is 6.00. The van der Waals surface area contributed by atoms with E-state index in [4.69, 9.17) is 10.4 Å². The summed E-state index contributed by atoms with van der Waals surface area (Å²) in [6.07, 6.45) is 0.750. The average molecular weight is 184 g/mol. The minimum absolute atomic E-state index is 0.123. The molecule has 0 atom stereocenters. The van der Waals surface area contributed by atoms with Gasteiger partial charge in [-0.2, -0.15) is 0 Å². The number of carbonyl (C=O) groups is 1. The Bertz CT molecular complexity index is 292. The molecule has 0 bridgehead atoms. The zero-order chi connectivity index (χ0) is 10.1. The Labute approximate surface area is 75.7 Å². The predicted octanol–water partition coefficient (Wildman–Crippen LogP) is 1.04. The summed E-state index contributed by atoms with van der Waals surface area (Å²) in [6.45, 7) is 3.79. The lowest BCUT2D eigenvalue weighted by Gasteiger charge is -2.28. The van der Waals surface area contributed by atoms with Gasteiger partial charge in [0.25, 0.3) is 0 Å². The smallest absolute Gasteiger partial charge is 0.187 e. The number of hydrogen-bond acceptors (Lipinski definition) is 5. The molecular weight excluding hydrogens is 172 g/mol. The summed E-state index contributed by atoms with van der Waals surface area (Å²) in [5.41, 5.74) is -0.196. The Hall–Kier alpha value is -1.39. The SMILES string of the molecule is CC1(C)CC(=O)C(=N\O)/C(=N/O)C1. The third kappa shape index (κ3) is 1.85. The predicted molar refractivity (Wildman–Crippen MR) is 46.5 cm³/mol. The summed E-state index contributed by atoms with van der Waals surface area (Å²) in [5, 5.41) is 22.9. The molecule has 0 heterocycles. The zero-order valence-corrected chi connectivity index (χ0v) is 7.61. The molecule has 0 aromatic rings. The minimum atomic E-state index is -0.286. The molecule has 2 N–H and O–H groups in total. The van der Waals surface area contributed by atoms with Crippen LogP contribution in [-0.4, -0.2) is 27.6 Å². The first-order valence-electron chi connectivity index (χ1n) is 3.97.